The molecule has 1 aliphatic heterocycles. The Morgan fingerprint density at radius 3 is 2.82 bits per heavy atom. The van der Waals surface area contributed by atoms with E-state index in [0.717, 1.165) is 17.0 Å². The molecule has 0 unspecified atom stereocenters. The Balaban J connectivity index is 2.42. The van der Waals surface area contributed by atoms with Crippen LogP contribution in [0.25, 0.3) is 0 Å². The fourth-order valence-electron chi connectivity index (χ4n) is 1.82. The van der Waals surface area contributed by atoms with E-state index in [1.165, 1.54) is 0 Å². The van der Waals surface area contributed by atoms with Gasteiger partial charge in [0.1, 0.15) is 5.75 Å². The summed E-state index contributed by atoms with van der Waals surface area (Å²) in [5, 5.41) is 0. The molecule has 0 saturated carbocycles. The average Bonchev–Trinajstić information content (AvgIpc) is 2.33. The number of hydrogen-bond acceptors (Lipinski definition) is 3. The highest BCUT2D eigenvalue weighted by molar-refractivity contribution is 5.97. The van der Waals surface area contributed by atoms with Crippen LogP contribution in [-0.4, -0.2) is 26.1 Å². The van der Waals surface area contributed by atoms with E-state index in [9.17, 15) is 4.79 Å². The van der Waals surface area contributed by atoms with Crippen LogP contribution >= 0.6 is 0 Å². The summed E-state index contributed by atoms with van der Waals surface area (Å²) in [5.41, 5.74) is 7.62. The molecule has 2 N–H and O–H groups in total. The molecule has 17 heavy (non-hydrogen) atoms. The Hall–Kier alpha value is -1.55. The predicted molar refractivity (Wildman–Crippen MR) is 67.4 cm³/mol. The summed E-state index contributed by atoms with van der Waals surface area (Å²) in [6, 6.07) is 5.90. The lowest BCUT2D eigenvalue weighted by molar-refractivity contribution is -0.120. The molecule has 0 fully saturated rings. The van der Waals surface area contributed by atoms with Crippen molar-refractivity contribution in [3.8, 4) is 5.75 Å². The summed E-state index contributed by atoms with van der Waals surface area (Å²) in [5.74, 6) is 0.731. The molecule has 1 aliphatic rings. The Kier molecular flexibility index (Phi) is 2.83. The van der Waals surface area contributed by atoms with Gasteiger partial charge < -0.3 is 15.4 Å². The third-order valence-electron chi connectivity index (χ3n) is 3.34. The number of hydrogen-bond donors (Lipinski definition) is 1. The molecule has 0 spiro atoms. The number of benzene rings is 1. The van der Waals surface area contributed by atoms with Gasteiger partial charge in [-0.1, -0.05) is 19.9 Å². The van der Waals surface area contributed by atoms with E-state index < -0.39 is 0 Å². The first-order valence-electron chi connectivity index (χ1n) is 5.69. The molecule has 4 nitrogen and oxygen atoms in total. The van der Waals surface area contributed by atoms with Crippen molar-refractivity contribution in [1.82, 2.24) is 0 Å². The highest BCUT2D eigenvalue weighted by Crippen LogP contribution is 2.35. The van der Waals surface area contributed by atoms with Gasteiger partial charge in [0, 0.05) is 19.0 Å². The summed E-state index contributed by atoms with van der Waals surface area (Å²) in [6.45, 7) is 4.86. The molecule has 0 atom stereocenters. The first-order valence-corrected chi connectivity index (χ1v) is 5.69. The van der Waals surface area contributed by atoms with Crippen molar-refractivity contribution in [2.45, 2.75) is 19.3 Å². The topological polar surface area (TPSA) is 55.6 Å². The standard InChI is InChI=1S/C13H18N2O2/c1-13(2,8-14)9-4-5-10-11(6-9)17-7-12(16)15(10)3/h4-6H,7-8,14H2,1-3H3. The highest BCUT2D eigenvalue weighted by Gasteiger charge is 2.25. The van der Waals surface area contributed by atoms with Gasteiger partial charge in [0.15, 0.2) is 6.61 Å². The molecule has 92 valence electrons. The zero-order chi connectivity index (χ0) is 12.6. The summed E-state index contributed by atoms with van der Waals surface area (Å²) in [4.78, 5) is 13.1. The van der Waals surface area contributed by atoms with Crippen LogP contribution in [0.2, 0.25) is 0 Å². The predicted octanol–water partition coefficient (Wildman–Crippen LogP) is 1.28. The van der Waals surface area contributed by atoms with Crippen molar-refractivity contribution in [3.63, 3.8) is 0 Å². The largest absolute Gasteiger partial charge is 0.482 e. The summed E-state index contributed by atoms with van der Waals surface area (Å²) >= 11 is 0. The SMILES string of the molecule is CN1C(=O)COc2cc(C(C)(C)CN)ccc21. The number of rotatable bonds is 2. The monoisotopic (exact) mass is 234 g/mol. The number of likely N-dealkylation sites (N-methyl/N-ethyl adjacent to an activating group) is 1. The number of nitrogens with zero attached hydrogens (tertiary/aromatic N) is 1. The average molecular weight is 234 g/mol. The lowest BCUT2D eigenvalue weighted by Crippen LogP contribution is -2.36. The molecule has 1 amide bonds. The molecule has 0 radical (unpaired) electrons. The second-order valence-electron chi connectivity index (χ2n) is 5.01. The van der Waals surface area contributed by atoms with Crippen LogP contribution in [0.1, 0.15) is 19.4 Å². The molecular weight excluding hydrogens is 216 g/mol. The molecule has 1 aromatic rings. The van der Waals surface area contributed by atoms with Crippen molar-refractivity contribution in [2.75, 3.05) is 25.1 Å². The first kappa shape index (κ1) is 11.9. The number of carbonyl (C=O) groups excluding carboxylic acids is 1. The molecule has 0 aromatic heterocycles. The van der Waals surface area contributed by atoms with E-state index in [-0.39, 0.29) is 17.9 Å². The number of fused-ring (bicyclic) bond motifs is 1. The zero-order valence-corrected chi connectivity index (χ0v) is 10.5. The van der Waals surface area contributed by atoms with E-state index in [0.29, 0.717) is 6.54 Å². The molecular formula is C13H18N2O2. The van der Waals surface area contributed by atoms with Crippen molar-refractivity contribution < 1.29 is 9.53 Å². The quantitative estimate of drug-likeness (QED) is 0.838. The van der Waals surface area contributed by atoms with E-state index in [1.54, 1.807) is 11.9 Å². The maximum absolute atomic E-state index is 11.5. The van der Waals surface area contributed by atoms with E-state index >= 15 is 0 Å². The van der Waals surface area contributed by atoms with E-state index in [2.05, 4.69) is 13.8 Å². The highest BCUT2D eigenvalue weighted by atomic mass is 16.5. The minimum absolute atomic E-state index is 0.0247. The van der Waals surface area contributed by atoms with Crippen molar-refractivity contribution in [3.05, 3.63) is 23.8 Å². The van der Waals surface area contributed by atoms with Crippen LogP contribution in [0.15, 0.2) is 18.2 Å². The van der Waals surface area contributed by atoms with Gasteiger partial charge in [0.25, 0.3) is 5.91 Å². The maximum Gasteiger partial charge on any atom is 0.264 e. The summed E-state index contributed by atoms with van der Waals surface area (Å²) < 4.78 is 5.45. The second-order valence-corrected chi connectivity index (χ2v) is 5.01. The Bertz CT molecular complexity index is 455. The third-order valence-corrected chi connectivity index (χ3v) is 3.34. The first-order chi connectivity index (χ1) is 7.95. The van der Waals surface area contributed by atoms with Gasteiger partial charge in [-0.3, -0.25) is 4.79 Å². The van der Waals surface area contributed by atoms with Crippen molar-refractivity contribution in [2.24, 2.45) is 5.73 Å². The Labute approximate surface area is 101 Å². The Morgan fingerprint density at radius 2 is 2.18 bits per heavy atom. The summed E-state index contributed by atoms with van der Waals surface area (Å²) in [6.07, 6.45) is 0. The lowest BCUT2D eigenvalue weighted by atomic mass is 9.84. The van der Waals surface area contributed by atoms with Crippen molar-refractivity contribution >= 4 is 11.6 Å². The second kappa shape index (κ2) is 4.04. The molecule has 0 aliphatic carbocycles. The molecule has 2 rings (SSSR count). The number of carbonyl (C=O) groups is 1. The molecule has 4 heteroatoms. The fourth-order valence-corrected chi connectivity index (χ4v) is 1.82. The minimum atomic E-state index is -0.0849. The normalized spacial score (nSPS) is 15.5. The number of ether oxygens (including phenoxy) is 1. The van der Waals surface area contributed by atoms with Gasteiger partial charge in [0.2, 0.25) is 0 Å². The lowest BCUT2D eigenvalue weighted by Gasteiger charge is -2.29. The van der Waals surface area contributed by atoms with Gasteiger partial charge in [-0.05, 0) is 17.7 Å². The zero-order valence-electron chi connectivity index (χ0n) is 10.5. The van der Waals surface area contributed by atoms with Crippen LogP contribution in [-0.2, 0) is 10.2 Å². The molecule has 0 saturated heterocycles. The molecule has 0 bridgehead atoms. The van der Waals surface area contributed by atoms with Crippen molar-refractivity contribution in [1.29, 1.82) is 0 Å². The minimum Gasteiger partial charge on any atom is -0.482 e. The van der Waals surface area contributed by atoms with E-state index in [4.69, 9.17) is 10.5 Å². The maximum atomic E-state index is 11.5. The van der Waals surface area contributed by atoms with Gasteiger partial charge in [-0.2, -0.15) is 0 Å². The van der Waals surface area contributed by atoms with Gasteiger partial charge in [-0.25, -0.2) is 0 Å². The third kappa shape index (κ3) is 2.00. The molecule has 1 aromatic carbocycles. The molecule has 1 heterocycles. The van der Waals surface area contributed by atoms with Crippen LogP contribution in [0.3, 0.4) is 0 Å². The smallest absolute Gasteiger partial charge is 0.264 e. The number of anilines is 1. The van der Waals surface area contributed by atoms with Crippen LogP contribution in [0, 0.1) is 0 Å². The number of nitrogens with two attached hydrogens (primary N) is 1. The van der Waals surface area contributed by atoms with Crippen LogP contribution in [0.4, 0.5) is 5.69 Å². The summed E-state index contributed by atoms with van der Waals surface area (Å²) in [7, 11) is 1.76. The van der Waals surface area contributed by atoms with Gasteiger partial charge in [-0.15, -0.1) is 0 Å². The van der Waals surface area contributed by atoms with Gasteiger partial charge >= 0.3 is 0 Å². The van der Waals surface area contributed by atoms with Crippen LogP contribution in [0.5, 0.6) is 5.75 Å². The van der Waals surface area contributed by atoms with E-state index in [1.807, 2.05) is 18.2 Å². The van der Waals surface area contributed by atoms with Gasteiger partial charge in [0.05, 0.1) is 5.69 Å². The number of amides is 1. The van der Waals surface area contributed by atoms with Crippen LogP contribution < -0.4 is 15.4 Å². The fraction of sp³-hybridized carbons (Fsp3) is 0.462. The Morgan fingerprint density at radius 1 is 1.47 bits per heavy atom.